The van der Waals surface area contributed by atoms with Crippen LogP contribution in [0.3, 0.4) is 0 Å². The van der Waals surface area contributed by atoms with Crippen LogP contribution in [0.25, 0.3) is 0 Å². The van der Waals surface area contributed by atoms with Gasteiger partial charge >= 0.3 is 0 Å². The van der Waals surface area contributed by atoms with Crippen LogP contribution < -0.4 is 5.73 Å². The highest BCUT2D eigenvalue weighted by Crippen LogP contribution is 2.29. The zero-order chi connectivity index (χ0) is 14.4. The molecule has 0 saturated heterocycles. The third-order valence-corrected chi connectivity index (χ3v) is 3.62. The fourth-order valence-electron chi connectivity index (χ4n) is 2.32. The molecule has 0 bridgehead atoms. The van der Waals surface area contributed by atoms with Crippen molar-refractivity contribution < 1.29 is 4.39 Å². The number of halogens is 1. The highest BCUT2D eigenvalue weighted by molar-refractivity contribution is 5.37. The third kappa shape index (κ3) is 4.33. The van der Waals surface area contributed by atoms with Crippen LogP contribution in [0.15, 0.2) is 18.2 Å². The van der Waals surface area contributed by atoms with E-state index in [-0.39, 0.29) is 5.82 Å². The van der Waals surface area contributed by atoms with Crippen molar-refractivity contribution in [1.82, 2.24) is 4.90 Å². The molecule has 1 aliphatic carbocycles. The van der Waals surface area contributed by atoms with Crippen LogP contribution in [-0.4, -0.2) is 24.0 Å². The van der Waals surface area contributed by atoms with Crippen LogP contribution in [0.1, 0.15) is 43.7 Å². The van der Waals surface area contributed by atoms with Crippen LogP contribution >= 0.6 is 0 Å². The quantitative estimate of drug-likeness (QED) is 0.808. The summed E-state index contributed by atoms with van der Waals surface area (Å²) < 4.78 is 14.1. The molecule has 0 unspecified atom stereocenters. The largest absolute Gasteiger partial charge is 0.320 e. The van der Waals surface area contributed by atoms with E-state index < -0.39 is 0 Å². The lowest BCUT2D eigenvalue weighted by atomic mass is 10.1. The Labute approximate surface area is 121 Å². The van der Waals surface area contributed by atoms with Crippen molar-refractivity contribution in [3.8, 4) is 11.8 Å². The van der Waals surface area contributed by atoms with Crippen molar-refractivity contribution >= 4 is 0 Å². The summed E-state index contributed by atoms with van der Waals surface area (Å²) in [6, 6.07) is 5.92. The lowest BCUT2D eigenvalue weighted by molar-refractivity contribution is 0.247. The highest BCUT2D eigenvalue weighted by Gasteiger charge is 2.28. The molecule has 0 atom stereocenters. The van der Waals surface area contributed by atoms with E-state index in [0.29, 0.717) is 24.7 Å². The van der Waals surface area contributed by atoms with E-state index in [1.165, 1.54) is 31.7 Å². The van der Waals surface area contributed by atoms with Crippen LogP contribution in [0.4, 0.5) is 4.39 Å². The Bertz CT molecular complexity index is 497. The number of unbranched alkanes of at least 4 members (excludes halogenated alkanes) is 1. The van der Waals surface area contributed by atoms with E-state index in [4.69, 9.17) is 5.73 Å². The maximum atomic E-state index is 14.1. The number of rotatable bonds is 6. The Hall–Kier alpha value is -1.37. The van der Waals surface area contributed by atoms with Crippen molar-refractivity contribution in [2.24, 2.45) is 5.73 Å². The van der Waals surface area contributed by atoms with E-state index in [9.17, 15) is 4.39 Å². The predicted octanol–water partition coefficient (Wildman–Crippen LogP) is 2.90. The van der Waals surface area contributed by atoms with Gasteiger partial charge in [0, 0.05) is 23.7 Å². The van der Waals surface area contributed by atoms with Crippen LogP contribution in [0, 0.1) is 17.7 Å². The molecule has 0 aromatic heterocycles. The van der Waals surface area contributed by atoms with Crippen molar-refractivity contribution in [2.75, 3.05) is 13.1 Å². The Morgan fingerprint density at radius 3 is 2.80 bits per heavy atom. The summed E-state index contributed by atoms with van der Waals surface area (Å²) >= 11 is 0. The Morgan fingerprint density at radius 1 is 1.40 bits per heavy atom. The number of benzene rings is 1. The molecule has 1 aromatic carbocycles. The SMILES string of the molecule is CCCCN(Cc1ccc(C#CCN)cc1F)C1CC1. The molecular formula is C17H23FN2. The topological polar surface area (TPSA) is 29.3 Å². The minimum Gasteiger partial charge on any atom is -0.320 e. The number of hydrogen-bond acceptors (Lipinski definition) is 2. The summed E-state index contributed by atoms with van der Waals surface area (Å²) in [5, 5.41) is 0. The van der Waals surface area contributed by atoms with Gasteiger partial charge in [-0.15, -0.1) is 0 Å². The first-order valence-electron chi connectivity index (χ1n) is 7.46. The second-order valence-corrected chi connectivity index (χ2v) is 5.37. The van der Waals surface area contributed by atoms with Crippen LogP contribution in [0.5, 0.6) is 0 Å². The third-order valence-electron chi connectivity index (χ3n) is 3.62. The van der Waals surface area contributed by atoms with E-state index in [0.717, 1.165) is 12.1 Å². The number of nitrogens with two attached hydrogens (primary N) is 1. The summed E-state index contributed by atoms with van der Waals surface area (Å²) in [5.41, 5.74) is 6.79. The fraction of sp³-hybridized carbons (Fsp3) is 0.529. The molecular weight excluding hydrogens is 251 g/mol. The first-order valence-corrected chi connectivity index (χ1v) is 7.46. The molecule has 2 nitrogen and oxygen atoms in total. The second kappa shape index (κ2) is 7.42. The van der Waals surface area contributed by atoms with Gasteiger partial charge in [0.15, 0.2) is 0 Å². The zero-order valence-corrected chi connectivity index (χ0v) is 12.2. The molecule has 20 heavy (non-hydrogen) atoms. The minimum atomic E-state index is -0.157. The molecule has 0 spiro atoms. The second-order valence-electron chi connectivity index (χ2n) is 5.37. The Kier molecular flexibility index (Phi) is 5.58. The minimum absolute atomic E-state index is 0.157. The normalized spacial score (nSPS) is 14.2. The van der Waals surface area contributed by atoms with Crippen molar-refractivity contribution in [3.63, 3.8) is 0 Å². The molecule has 0 heterocycles. The maximum absolute atomic E-state index is 14.1. The lowest BCUT2D eigenvalue weighted by Gasteiger charge is -2.22. The molecule has 0 radical (unpaired) electrons. The van der Waals surface area contributed by atoms with Gasteiger partial charge in [-0.05, 0) is 37.9 Å². The molecule has 108 valence electrons. The maximum Gasteiger partial charge on any atom is 0.128 e. The molecule has 1 aliphatic rings. The van der Waals surface area contributed by atoms with Gasteiger partial charge in [-0.25, -0.2) is 4.39 Å². The molecule has 1 aromatic rings. The smallest absolute Gasteiger partial charge is 0.128 e. The summed E-state index contributed by atoms with van der Waals surface area (Å²) in [5.74, 6) is 5.46. The van der Waals surface area contributed by atoms with Gasteiger partial charge in [-0.3, -0.25) is 4.90 Å². The predicted molar refractivity (Wildman–Crippen MR) is 80.7 cm³/mol. The first kappa shape index (κ1) is 15.0. The molecule has 2 N–H and O–H groups in total. The van der Waals surface area contributed by atoms with Gasteiger partial charge in [0.25, 0.3) is 0 Å². The standard InChI is InChI=1S/C17H23FN2/c1-2-3-11-20(16-8-9-16)13-15-7-6-14(5-4-10-19)12-17(15)18/h6-7,12,16H,2-3,8-11,13,19H2,1H3. The summed E-state index contributed by atoms with van der Waals surface area (Å²) in [6.45, 7) is 4.27. The number of hydrogen-bond donors (Lipinski definition) is 1. The monoisotopic (exact) mass is 274 g/mol. The van der Waals surface area contributed by atoms with E-state index in [1.807, 2.05) is 12.1 Å². The molecule has 3 heteroatoms. The van der Waals surface area contributed by atoms with Gasteiger partial charge in [0.1, 0.15) is 5.82 Å². The van der Waals surface area contributed by atoms with Crippen molar-refractivity contribution in [3.05, 3.63) is 35.1 Å². The number of nitrogens with zero attached hydrogens (tertiary/aromatic N) is 1. The van der Waals surface area contributed by atoms with Gasteiger partial charge in [0.05, 0.1) is 6.54 Å². The average molecular weight is 274 g/mol. The summed E-state index contributed by atoms with van der Waals surface area (Å²) in [4.78, 5) is 2.41. The van der Waals surface area contributed by atoms with Gasteiger partial charge in [-0.2, -0.15) is 0 Å². The van der Waals surface area contributed by atoms with Gasteiger partial charge < -0.3 is 5.73 Å². The summed E-state index contributed by atoms with van der Waals surface area (Å²) in [6.07, 6.45) is 4.87. The summed E-state index contributed by atoms with van der Waals surface area (Å²) in [7, 11) is 0. The molecule has 1 saturated carbocycles. The van der Waals surface area contributed by atoms with E-state index >= 15 is 0 Å². The molecule has 1 fully saturated rings. The highest BCUT2D eigenvalue weighted by atomic mass is 19.1. The molecule has 0 amide bonds. The van der Waals surface area contributed by atoms with Crippen LogP contribution in [-0.2, 0) is 6.54 Å². The van der Waals surface area contributed by atoms with Crippen molar-refractivity contribution in [2.45, 2.75) is 45.2 Å². The van der Waals surface area contributed by atoms with E-state index in [1.54, 1.807) is 0 Å². The van der Waals surface area contributed by atoms with Gasteiger partial charge in [-0.1, -0.05) is 31.3 Å². The van der Waals surface area contributed by atoms with E-state index in [2.05, 4.69) is 23.7 Å². The molecule has 2 rings (SSSR count). The zero-order valence-electron chi connectivity index (χ0n) is 12.2. The van der Waals surface area contributed by atoms with Crippen molar-refractivity contribution in [1.29, 1.82) is 0 Å². The first-order chi connectivity index (χ1) is 9.74. The Morgan fingerprint density at radius 2 is 2.20 bits per heavy atom. The van der Waals surface area contributed by atoms with Gasteiger partial charge in [0.2, 0.25) is 0 Å². The lowest BCUT2D eigenvalue weighted by Crippen LogP contribution is -2.27. The Balaban J connectivity index is 2.03. The van der Waals surface area contributed by atoms with Crippen LogP contribution in [0.2, 0.25) is 0 Å². The average Bonchev–Trinajstić information content (AvgIpc) is 3.27. The molecule has 0 aliphatic heterocycles. The fourth-order valence-corrected chi connectivity index (χ4v) is 2.32.